The minimum atomic E-state index is -4.59. The molecule has 13 heteroatoms. The molecule has 2 aromatic heterocycles. The quantitative estimate of drug-likeness (QED) is 0.722. The topological polar surface area (TPSA) is 76.9 Å². The van der Waals surface area contributed by atoms with E-state index >= 15 is 0 Å². The number of ether oxygens (including phenoxy) is 1. The molecule has 1 fully saturated rings. The summed E-state index contributed by atoms with van der Waals surface area (Å²) in [7, 11) is 17.4. The van der Waals surface area contributed by atoms with Gasteiger partial charge in [0, 0.05) is 37.9 Å². The summed E-state index contributed by atoms with van der Waals surface area (Å²) in [5, 5.41) is 7.96. The summed E-state index contributed by atoms with van der Waals surface area (Å²) in [6, 6.07) is 1.69. The van der Waals surface area contributed by atoms with Gasteiger partial charge in [-0.3, -0.25) is 4.68 Å². The van der Waals surface area contributed by atoms with Crippen LogP contribution in [0, 0.1) is 0 Å². The van der Waals surface area contributed by atoms with E-state index in [9.17, 15) is 13.2 Å². The molecule has 1 aliphatic heterocycles. The highest BCUT2D eigenvalue weighted by Gasteiger charge is 2.35. The Morgan fingerprint density at radius 3 is 2.52 bits per heavy atom. The molecule has 29 heavy (non-hydrogen) atoms. The molecule has 0 saturated carbocycles. The van der Waals surface area contributed by atoms with E-state index in [4.69, 9.17) is 28.3 Å². The van der Waals surface area contributed by atoms with Crippen LogP contribution in [-0.2, 0) is 16.2 Å². The number of halogens is 3. The maximum Gasteiger partial charge on any atom is 0.421 e. The monoisotopic (exact) mass is 400 g/mol. The number of alkyl halides is 3. The van der Waals surface area contributed by atoms with Crippen molar-refractivity contribution in [2.45, 2.75) is 37.1 Å². The van der Waals surface area contributed by atoms with E-state index in [1.807, 2.05) is 0 Å². The lowest BCUT2D eigenvalue weighted by molar-refractivity contribution is -0.137. The van der Waals surface area contributed by atoms with Gasteiger partial charge in [-0.15, -0.1) is 0 Å². The smallest absolute Gasteiger partial charge is 0.381 e. The van der Waals surface area contributed by atoms with Crippen LogP contribution >= 0.6 is 0 Å². The molecule has 1 aliphatic rings. The van der Waals surface area contributed by atoms with Crippen LogP contribution in [0.5, 0.6) is 0 Å². The van der Waals surface area contributed by atoms with Gasteiger partial charge < -0.3 is 15.4 Å². The van der Waals surface area contributed by atoms with Crippen LogP contribution in [0.15, 0.2) is 12.3 Å². The van der Waals surface area contributed by atoms with Crippen LogP contribution in [0.25, 0.3) is 0 Å². The summed E-state index contributed by atoms with van der Waals surface area (Å²) in [5.41, 5.74) is -0.271. The standard InChI is InChI=1S/C16H18B3F3N6O/c1-2-23-13-10(15(20,21)22)8-24-14(26-13)25-12-7-11(9-3-5-29-6-4-9)27-28(12)16(17,18)19/h7-9H,2-6H2,1H3,(H2,23,24,25,26). The molecule has 0 spiro atoms. The average molecular weight is 400 g/mol. The zero-order valence-corrected chi connectivity index (χ0v) is 15.8. The molecule has 0 aromatic carbocycles. The van der Waals surface area contributed by atoms with Gasteiger partial charge in [-0.25, -0.2) is 4.98 Å². The highest BCUT2D eigenvalue weighted by molar-refractivity contribution is 6.56. The molecule has 0 aliphatic carbocycles. The van der Waals surface area contributed by atoms with Gasteiger partial charge in [0.2, 0.25) is 5.95 Å². The highest BCUT2D eigenvalue weighted by atomic mass is 19.4. The second kappa shape index (κ2) is 8.29. The molecule has 2 N–H and O–H groups in total. The predicted molar refractivity (Wildman–Crippen MR) is 105 cm³/mol. The first-order valence-corrected chi connectivity index (χ1v) is 9.09. The molecule has 7 nitrogen and oxygen atoms in total. The summed E-state index contributed by atoms with van der Waals surface area (Å²) in [6.45, 7) is 3.12. The number of nitrogens with zero attached hydrogens (tertiary/aromatic N) is 4. The first-order valence-electron chi connectivity index (χ1n) is 9.09. The summed E-state index contributed by atoms with van der Waals surface area (Å²) < 4.78 is 45.9. The van der Waals surface area contributed by atoms with Gasteiger partial charge >= 0.3 is 6.18 Å². The van der Waals surface area contributed by atoms with E-state index in [1.165, 1.54) is 0 Å². The van der Waals surface area contributed by atoms with Gasteiger partial charge in [-0.1, -0.05) is 0 Å². The van der Waals surface area contributed by atoms with Crippen LogP contribution in [0.2, 0.25) is 0 Å². The van der Waals surface area contributed by atoms with Gasteiger partial charge in [-0.2, -0.15) is 23.3 Å². The Bertz CT molecular complexity index is 849. The summed E-state index contributed by atoms with van der Waals surface area (Å²) >= 11 is 0. The van der Waals surface area contributed by atoms with Crippen molar-refractivity contribution < 1.29 is 17.9 Å². The van der Waals surface area contributed by atoms with E-state index in [0.717, 1.165) is 17.5 Å². The van der Waals surface area contributed by atoms with Gasteiger partial charge in [-0.05, 0) is 25.0 Å². The molecule has 0 amide bonds. The largest absolute Gasteiger partial charge is 0.421 e. The Hall–Kier alpha value is -2.17. The Labute approximate surface area is 170 Å². The molecule has 0 unspecified atom stereocenters. The fourth-order valence-corrected chi connectivity index (χ4v) is 3.04. The Morgan fingerprint density at radius 1 is 1.24 bits per heavy atom. The first-order chi connectivity index (χ1) is 13.6. The third kappa shape index (κ3) is 5.06. The van der Waals surface area contributed by atoms with Crippen molar-refractivity contribution >= 4 is 41.1 Å². The number of hydrogen-bond acceptors (Lipinski definition) is 6. The Balaban J connectivity index is 1.94. The summed E-state index contributed by atoms with van der Waals surface area (Å²) in [4.78, 5) is 7.69. The van der Waals surface area contributed by atoms with Gasteiger partial charge in [0.05, 0.1) is 29.2 Å². The lowest BCUT2D eigenvalue weighted by Crippen LogP contribution is -2.37. The maximum atomic E-state index is 13.1. The van der Waals surface area contributed by atoms with E-state index in [0.29, 0.717) is 25.1 Å². The van der Waals surface area contributed by atoms with Crippen molar-refractivity contribution in [1.29, 1.82) is 0 Å². The summed E-state index contributed by atoms with van der Waals surface area (Å²) in [5.74, 6) is -0.0365. The lowest BCUT2D eigenvalue weighted by atomic mass is 9.49. The fraction of sp³-hybridized carbons (Fsp3) is 0.562. The molecular weight excluding hydrogens is 382 g/mol. The molecule has 3 heterocycles. The molecule has 0 atom stereocenters. The lowest BCUT2D eigenvalue weighted by Gasteiger charge is -2.24. The minimum absolute atomic E-state index is 0.0853. The first kappa shape index (κ1) is 21.5. The van der Waals surface area contributed by atoms with Crippen molar-refractivity contribution in [3.8, 4) is 0 Å². The van der Waals surface area contributed by atoms with Crippen molar-refractivity contribution in [3.63, 3.8) is 0 Å². The van der Waals surface area contributed by atoms with E-state index < -0.39 is 17.0 Å². The third-order valence-corrected chi connectivity index (χ3v) is 4.41. The average Bonchev–Trinajstić information content (AvgIpc) is 3.06. The fourth-order valence-electron chi connectivity index (χ4n) is 3.04. The van der Waals surface area contributed by atoms with Crippen LogP contribution in [0.1, 0.15) is 36.9 Å². The SMILES string of the molecule is [B]C([B])([B])n1nc(C2CCOCC2)cc1Nc1ncc(C(F)(F)F)c(NCC)n1. The normalized spacial score (nSPS) is 16.0. The molecule has 0 bridgehead atoms. The molecule has 6 radical (unpaired) electrons. The third-order valence-electron chi connectivity index (χ3n) is 4.41. The molecule has 2 aromatic rings. The highest BCUT2D eigenvalue weighted by Crippen LogP contribution is 2.34. The van der Waals surface area contributed by atoms with E-state index in [2.05, 4.69) is 25.7 Å². The molecule has 1 saturated heterocycles. The number of anilines is 3. The van der Waals surface area contributed by atoms with Gasteiger partial charge in [0.25, 0.3) is 0 Å². The van der Waals surface area contributed by atoms with Crippen molar-refractivity contribution in [1.82, 2.24) is 19.7 Å². The van der Waals surface area contributed by atoms with Crippen LogP contribution in [0.4, 0.5) is 30.8 Å². The van der Waals surface area contributed by atoms with E-state index in [1.54, 1.807) is 13.0 Å². The number of hydrogen-bond donors (Lipinski definition) is 2. The molecule has 148 valence electrons. The van der Waals surface area contributed by atoms with Crippen molar-refractivity contribution in [2.75, 3.05) is 30.4 Å². The maximum absolute atomic E-state index is 13.1. The Kier molecular flexibility index (Phi) is 6.16. The number of nitrogens with one attached hydrogen (secondary N) is 2. The van der Waals surface area contributed by atoms with Gasteiger partial charge in [0.15, 0.2) is 0 Å². The number of rotatable bonds is 6. The van der Waals surface area contributed by atoms with Crippen LogP contribution in [0.3, 0.4) is 0 Å². The second-order valence-electron chi connectivity index (χ2n) is 6.75. The zero-order chi connectivity index (χ0) is 21.2. The second-order valence-corrected chi connectivity index (χ2v) is 6.75. The van der Waals surface area contributed by atoms with Gasteiger partial charge in [0.1, 0.15) is 17.2 Å². The minimum Gasteiger partial charge on any atom is -0.381 e. The Morgan fingerprint density at radius 2 is 1.93 bits per heavy atom. The van der Waals surface area contributed by atoms with Crippen molar-refractivity contribution in [3.05, 3.63) is 23.5 Å². The molecule has 3 rings (SSSR count). The predicted octanol–water partition coefficient (Wildman–Crippen LogP) is 1.83. The van der Waals surface area contributed by atoms with Crippen molar-refractivity contribution in [2.24, 2.45) is 0 Å². The molecular formula is C16H18B3F3N6O. The van der Waals surface area contributed by atoms with E-state index in [-0.39, 0.29) is 30.0 Å². The van der Waals surface area contributed by atoms with Crippen LogP contribution < -0.4 is 10.6 Å². The number of aromatic nitrogens is 4. The van der Waals surface area contributed by atoms with Crippen LogP contribution in [-0.4, -0.2) is 63.0 Å². The zero-order valence-electron chi connectivity index (χ0n) is 15.8. The summed E-state index contributed by atoms with van der Waals surface area (Å²) in [6.07, 6.45) is -2.35.